The van der Waals surface area contributed by atoms with Crippen LogP contribution < -0.4 is 5.32 Å². The van der Waals surface area contributed by atoms with Gasteiger partial charge in [-0.15, -0.1) is 0 Å². The maximum Gasteiger partial charge on any atom is 0.161 e. The Morgan fingerprint density at radius 3 is 2.43 bits per heavy atom. The quantitative estimate of drug-likeness (QED) is 0.837. The zero-order valence-corrected chi connectivity index (χ0v) is 14.9. The van der Waals surface area contributed by atoms with Crippen LogP contribution in [0.4, 0.5) is 5.82 Å². The van der Waals surface area contributed by atoms with E-state index in [9.17, 15) is 0 Å². The topological polar surface area (TPSA) is 37.8 Å². The van der Waals surface area contributed by atoms with Gasteiger partial charge < -0.3 is 5.32 Å². The third-order valence-corrected chi connectivity index (χ3v) is 4.31. The minimum Gasteiger partial charge on any atom is -0.369 e. The number of aromatic nitrogens is 2. The summed E-state index contributed by atoms with van der Waals surface area (Å²) in [7, 11) is 0. The van der Waals surface area contributed by atoms with E-state index in [1.807, 2.05) is 0 Å². The van der Waals surface area contributed by atoms with Crippen molar-refractivity contribution in [2.45, 2.75) is 40.5 Å². The van der Waals surface area contributed by atoms with Gasteiger partial charge in [0.15, 0.2) is 5.82 Å². The fraction of sp³-hybridized carbons (Fsp3) is 0.412. The van der Waals surface area contributed by atoms with Crippen molar-refractivity contribution in [3.8, 4) is 11.4 Å². The van der Waals surface area contributed by atoms with Crippen molar-refractivity contribution < 1.29 is 0 Å². The first kappa shape index (κ1) is 16.0. The molecule has 0 aliphatic heterocycles. The molecule has 1 aromatic heterocycles. The number of rotatable bonds is 4. The first-order valence-corrected chi connectivity index (χ1v) is 8.12. The lowest BCUT2D eigenvalue weighted by Gasteiger charge is -2.15. The minimum absolute atomic E-state index is 0.338. The molecular formula is C17H22BrN3. The SMILES string of the molecule is CCNc1nc(-c2ccc(C)c(C)c2)nc(C(C)C)c1Br. The van der Waals surface area contributed by atoms with E-state index in [1.54, 1.807) is 0 Å². The second kappa shape index (κ2) is 6.56. The number of anilines is 1. The standard InChI is InChI=1S/C17H22BrN3/c1-6-19-17-14(18)15(10(2)3)20-16(21-17)13-8-7-11(4)12(5)9-13/h7-10H,6H2,1-5H3,(H,19,20,21). The molecule has 0 atom stereocenters. The van der Waals surface area contributed by atoms with Gasteiger partial charge in [-0.25, -0.2) is 9.97 Å². The highest BCUT2D eigenvalue weighted by Gasteiger charge is 2.15. The molecule has 0 saturated heterocycles. The second-order valence-corrected chi connectivity index (χ2v) is 6.37. The van der Waals surface area contributed by atoms with E-state index in [0.717, 1.165) is 33.9 Å². The van der Waals surface area contributed by atoms with Crippen LogP contribution in [-0.4, -0.2) is 16.5 Å². The Balaban J connectivity index is 2.59. The van der Waals surface area contributed by atoms with Crippen LogP contribution in [0.15, 0.2) is 22.7 Å². The van der Waals surface area contributed by atoms with E-state index in [-0.39, 0.29) is 0 Å². The Morgan fingerprint density at radius 2 is 1.86 bits per heavy atom. The van der Waals surface area contributed by atoms with E-state index >= 15 is 0 Å². The number of aryl methyl sites for hydroxylation is 2. The summed E-state index contributed by atoms with van der Waals surface area (Å²) in [5, 5.41) is 3.31. The smallest absolute Gasteiger partial charge is 0.161 e. The summed E-state index contributed by atoms with van der Waals surface area (Å²) in [6.07, 6.45) is 0. The van der Waals surface area contributed by atoms with Crippen molar-refractivity contribution in [3.05, 3.63) is 39.5 Å². The maximum atomic E-state index is 4.76. The Labute approximate surface area is 135 Å². The van der Waals surface area contributed by atoms with Crippen molar-refractivity contribution >= 4 is 21.7 Å². The van der Waals surface area contributed by atoms with Gasteiger partial charge in [-0.3, -0.25) is 0 Å². The largest absolute Gasteiger partial charge is 0.369 e. The number of halogens is 1. The summed E-state index contributed by atoms with van der Waals surface area (Å²) in [4.78, 5) is 9.43. The fourth-order valence-corrected chi connectivity index (χ4v) is 2.92. The molecular weight excluding hydrogens is 326 g/mol. The number of benzene rings is 1. The van der Waals surface area contributed by atoms with Crippen molar-refractivity contribution in [1.82, 2.24) is 9.97 Å². The van der Waals surface area contributed by atoms with Gasteiger partial charge in [0.25, 0.3) is 0 Å². The highest BCUT2D eigenvalue weighted by atomic mass is 79.9. The number of hydrogen-bond donors (Lipinski definition) is 1. The minimum atomic E-state index is 0.338. The zero-order valence-electron chi connectivity index (χ0n) is 13.3. The molecule has 2 aromatic rings. The molecule has 4 heteroatoms. The molecule has 0 spiro atoms. The van der Waals surface area contributed by atoms with Crippen LogP contribution in [0.25, 0.3) is 11.4 Å². The lowest BCUT2D eigenvalue weighted by atomic mass is 10.1. The first-order chi connectivity index (χ1) is 9.93. The highest BCUT2D eigenvalue weighted by Crippen LogP contribution is 2.31. The molecule has 0 amide bonds. The second-order valence-electron chi connectivity index (χ2n) is 5.58. The average molecular weight is 348 g/mol. The summed E-state index contributed by atoms with van der Waals surface area (Å²) >= 11 is 3.63. The predicted molar refractivity (Wildman–Crippen MR) is 92.9 cm³/mol. The van der Waals surface area contributed by atoms with E-state index in [2.05, 4.69) is 79.0 Å². The van der Waals surface area contributed by atoms with Crippen molar-refractivity contribution in [1.29, 1.82) is 0 Å². The number of nitrogens with one attached hydrogen (secondary N) is 1. The van der Waals surface area contributed by atoms with Crippen LogP contribution in [0.2, 0.25) is 0 Å². The van der Waals surface area contributed by atoms with Crippen LogP contribution in [0, 0.1) is 13.8 Å². The first-order valence-electron chi connectivity index (χ1n) is 7.33. The van der Waals surface area contributed by atoms with Crippen LogP contribution in [-0.2, 0) is 0 Å². The van der Waals surface area contributed by atoms with Crippen molar-refractivity contribution in [2.24, 2.45) is 0 Å². The molecule has 2 rings (SSSR count). The Morgan fingerprint density at radius 1 is 1.14 bits per heavy atom. The fourth-order valence-electron chi connectivity index (χ4n) is 2.14. The van der Waals surface area contributed by atoms with Gasteiger partial charge in [0, 0.05) is 12.1 Å². The van der Waals surface area contributed by atoms with Gasteiger partial charge in [-0.05, 0) is 59.8 Å². The lowest BCUT2D eigenvalue weighted by molar-refractivity contribution is 0.809. The van der Waals surface area contributed by atoms with Gasteiger partial charge in [0.1, 0.15) is 5.82 Å². The molecule has 112 valence electrons. The Kier molecular flexibility index (Phi) is 4.99. The van der Waals surface area contributed by atoms with E-state index in [1.165, 1.54) is 11.1 Å². The molecule has 0 bridgehead atoms. The summed E-state index contributed by atoms with van der Waals surface area (Å²) < 4.78 is 0.965. The van der Waals surface area contributed by atoms with Crippen molar-refractivity contribution in [3.63, 3.8) is 0 Å². The number of nitrogens with zero attached hydrogens (tertiary/aromatic N) is 2. The molecule has 1 N–H and O–H groups in total. The highest BCUT2D eigenvalue weighted by molar-refractivity contribution is 9.10. The maximum absolute atomic E-state index is 4.76. The van der Waals surface area contributed by atoms with Gasteiger partial charge in [-0.1, -0.05) is 26.0 Å². The molecule has 0 radical (unpaired) electrons. The predicted octanol–water partition coefficient (Wildman–Crippen LogP) is 5.08. The molecule has 3 nitrogen and oxygen atoms in total. The van der Waals surface area contributed by atoms with Crippen LogP contribution in [0.3, 0.4) is 0 Å². The third-order valence-electron chi connectivity index (χ3n) is 3.53. The van der Waals surface area contributed by atoms with Gasteiger partial charge in [0.2, 0.25) is 0 Å². The molecule has 21 heavy (non-hydrogen) atoms. The summed E-state index contributed by atoms with van der Waals surface area (Å²) in [5.41, 5.74) is 4.64. The molecule has 0 unspecified atom stereocenters. The van der Waals surface area contributed by atoms with Gasteiger partial charge in [0.05, 0.1) is 10.2 Å². The average Bonchev–Trinajstić information content (AvgIpc) is 2.44. The van der Waals surface area contributed by atoms with E-state index in [4.69, 9.17) is 4.98 Å². The summed E-state index contributed by atoms with van der Waals surface area (Å²) in [5.74, 6) is 1.98. The van der Waals surface area contributed by atoms with Gasteiger partial charge >= 0.3 is 0 Å². The van der Waals surface area contributed by atoms with Crippen LogP contribution >= 0.6 is 15.9 Å². The van der Waals surface area contributed by atoms with Crippen molar-refractivity contribution in [2.75, 3.05) is 11.9 Å². The van der Waals surface area contributed by atoms with Gasteiger partial charge in [-0.2, -0.15) is 0 Å². The normalized spacial score (nSPS) is 11.0. The van der Waals surface area contributed by atoms with E-state index < -0.39 is 0 Å². The zero-order chi connectivity index (χ0) is 15.6. The molecule has 1 heterocycles. The molecule has 0 fully saturated rings. The van der Waals surface area contributed by atoms with Crippen LogP contribution in [0.1, 0.15) is 43.5 Å². The number of hydrogen-bond acceptors (Lipinski definition) is 3. The summed E-state index contributed by atoms with van der Waals surface area (Å²) in [6.45, 7) is 11.4. The molecule has 0 saturated carbocycles. The Bertz CT molecular complexity index is 651. The molecule has 0 aliphatic carbocycles. The summed E-state index contributed by atoms with van der Waals surface area (Å²) in [6, 6.07) is 6.36. The molecule has 1 aromatic carbocycles. The monoisotopic (exact) mass is 347 g/mol. The Hall–Kier alpha value is -1.42. The third kappa shape index (κ3) is 3.43. The lowest BCUT2D eigenvalue weighted by Crippen LogP contribution is -2.07. The van der Waals surface area contributed by atoms with E-state index in [0.29, 0.717) is 5.92 Å². The molecule has 0 aliphatic rings. The van der Waals surface area contributed by atoms with Crippen LogP contribution in [0.5, 0.6) is 0 Å².